The first-order chi connectivity index (χ1) is 16.2. The first-order valence-corrected chi connectivity index (χ1v) is 10.9. The number of amides is 1. The van der Waals surface area contributed by atoms with Crippen LogP contribution in [0, 0.1) is 5.41 Å². The van der Waals surface area contributed by atoms with Crippen molar-refractivity contribution in [2.45, 2.75) is 5.60 Å². The highest BCUT2D eigenvalue weighted by Crippen LogP contribution is 2.33. The molecule has 172 valence electrons. The van der Waals surface area contributed by atoms with Gasteiger partial charge in [-0.05, 0) is 42.0 Å². The summed E-state index contributed by atoms with van der Waals surface area (Å²) in [4.78, 5) is 16.5. The first-order valence-electron chi connectivity index (χ1n) is 10.1. The van der Waals surface area contributed by atoms with E-state index in [1.165, 1.54) is 5.01 Å². The van der Waals surface area contributed by atoms with Gasteiger partial charge < -0.3 is 16.6 Å². The van der Waals surface area contributed by atoms with Gasteiger partial charge in [-0.3, -0.25) is 10.2 Å². The molecule has 1 unspecified atom stereocenters. The van der Waals surface area contributed by atoms with E-state index in [1.54, 1.807) is 72.8 Å². The second-order valence-corrected chi connectivity index (χ2v) is 8.52. The van der Waals surface area contributed by atoms with Crippen LogP contribution in [0.5, 0.6) is 0 Å². The van der Waals surface area contributed by atoms with Gasteiger partial charge in [0.2, 0.25) is 5.96 Å². The minimum Gasteiger partial charge on any atom is -0.384 e. The van der Waals surface area contributed by atoms with Gasteiger partial charge in [0.15, 0.2) is 5.60 Å². The van der Waals surface area contributed by atoms with Crippen LogP contribution in [0.25, 0.3) is 0 Å². The van der Waals surface area contributed by atoms with Crippen LogP contribution in [-0.2, 0) is 5.60 Å². The van der Waals surface area contributed by atoms with E-state index >= 15 is 0 Å². The Morgan fingerprint density at radius 3 is 2.03 bits per heavy atom. The van der Waals surface area contributed by atoms with E-state index in [9.17, 15) is 9.90 Å². The summed E-state index contributed by atoms with van der Waals surface area (Å²) in [5.41, 5.74) is 12.3. The van der Waals surface area contributed by atoms with Crippen LogP contribution < -0.4 is 11.5 Å². The molecule has 0 saturated carbocycles. The van der Waals surface area contributed by atoms with Gasteiger partial charge in [0, 0.05) is 26.7 Å². The lowest BCUT2D eigenvalue weighted by atomic mass is 9.85. The smallest absolute Gasteiger partial charge is 0.280 e. The van der Waals surface area contributed by atoms with Crippen molar-refractivity contribution < 1.29 is 9.90 Å². The fraction of sp³-hybridized carbons (Fsp3) is 0.0833. The zero-order valence-electron chi connectivity index (χ0n) is 17.7. The van der Waals surface area contributed by atoms with E-state index in [2.05, 4.69) is 10.1 Å². The summed E-state index contributed by atoms with van der Waals surface area (Å²) >= 11 is 11.9. The Bertz CT molecular complexity index is 1300. The lowest BCUT2D eigenvalue weighted by Crippen LogP contribution is -2.42. The summed E-state index contributed by atoms with van der Waals surface area (Å²) in [6.45, 7) is -0.0897. The number of aliphatic hydroxyl groups is 1. The molecule has 3 aromatic rings. The van der Waals surface area contributed by atoms with Gasteiger partial charge in [0.25, 0.3) is 5.91 Å². The highest BCUT2D eigenvalue weighted by molar-refractivity contribution is 6.31. The molecule has 1 heterocycles. The predicted molar refractivity (Wildman–Crippen MR) is 133 cm³/mol. The molecule has 6 N–H and O–H groups in total. The quantitative estimate of drug-likeness (QED) is 0.325. The lowest BCUT2D eigenvalue weighted by Gasteiger charge is -2.26. The van der Waals surface area contributed by atoms with Crippen LogP contribution in [0.3, 0.4) is 0 Å². The number of halogens is 2. The molecule has 1 aliphatic heterocycles. The van der Waals surface area contributed by atoms with Crippen molar-refractivity contribution in [2.75, 3.05) is 6.54 Å². The van der Waals surface area contributed by atoms with Gasteiger partial charge in [0.05, 0.1) is 6.54 Å². The minimum absolute atomic E-state index is 0.0877. The number of guanidine groups is 1. The number of carbonyl (C=O) groups excluding carboxylic acids is 1. The molecule has 0 fully saturated rings. The summed E-state index contributed by atoms with van der Waals surface area (Å²) < 4.78 is 0. The highest BCUT2D eigenvalue weighted by atomic mass is 35.5. The van der Waals surface area contributed by atoms with Crippen molar-refractivity contribution in [2.24, 2.45) is 21.6 Å². The number of hydrazone groups is 1. The van der Waals surface area contributed by atoms with E-state index in [4.69, 9.17) is 40.1 Å². The predicted octanol–water partition coefficient (Wildman–Crippen LogP) is 3.34. The van der Waals surface area contributed by atoms with E-state index in [0.717, 1.165) is 0 Å². The number of carbonyl (C=O) groups is 1. The van der Waals surface area contributed by atoms with Crippen molar-refractivity contribution in [1.29, 1.82) is 5.41 Å². The van der Waals surface area contributed by atoms with Crippen LogP contribution in [0.2, 0.25) is 10.0 Å². The summed E-state index contributed by atoms with van der Waals surface area (Å²) in [6, 6.07) is 19.7. The van der Waals surface area contributed by atoms with Crippen LogP contribution in [0.15, 0.2) is 82.9 Å². The van der Waals surface area contributed by atoms with E-state index in [0.29, 0.717) is 38.0 Å². The summed E-state index contributed by atoms with van der Waals surface area (Å²) in [6.07, 6.45) is 0. The van der Waals surface area contributed by atoms with Gasteiger partial charge in [-0.25, -0.2) is 5.01 Å². The van der Waals surface area contributed by atoms with E-state index < -0.39 is 11.5 Å². The maximum Gasteiger partial charge on any atom is 0.280 e. The van der Waals surface area contributed by atoms with Crippen LogP contribution in [0.4, 0.5) is 0 Å². The van der Waals surface area contributed by atoms with Crippen LogP contribution in [-0.4, -0.2) is 40.1 Å². The molecular weight excluding hydrogens is 475 g/mol. The summed E-state index contributed by atoms with van der Waals surface area (Å²) in [5, 5.41) is 26.2. The zero-order valence-corrected chi connectivity index (χ0v) is 19.3. The lowest BCUT2D eigenvalue weighted by molar-refractivity contribution is 0.0981. The third-order valence-corrected chi connectivity index (χ3v) is 5.86. The third-order valence-electron chi connectivity index (χ3n) is 5.35. The second-order valence-electron chi connectivity index (χ2n) is 7.65. The third kappa shape index (κ3) is 4.65. The molecule has 0 aliphatic carbocycles. The summed E-state index contributed by atoms with van der Waals surface area (Å²) in [7, 11) is 0. The largest absolute Gasteiger partial charge is 0.384 e. The molecule has 0 spiro atoms. The molecule has 0 saturated heterocycles. The number of β-amino-alcohol motifs (C(OH)–C–C–N with tert-alkyl or cyclic N) is 1. The van der Waals surface area contributed by atoms with Gasteiger partial charge in [-0.15, -0.1) is 0 Å². The number of rotatable bonds is 4. The maximum atomic E-state index is 12.5. The average molecular weight is 495 g/mol. The van der Waals surface area contributed by atoms with E-state index in [1.807, 2.05) is 0 Å². The maximum absolute atomic E-state index is 12.5. The molecule has 0 radical (unpaired) electrons. The molecule has 1 aliphatic rings. The Morgan fingerprint density at radius 2 is 1.47 bits per heavy atom. The molecular formula is C24H20Cl2N6O2. The zero-order chi connectivity index (χ0) is 24.5. The Hall–Kier alpha value is -3.72. The van der Waals surface area contributed by atoms with Crippen LogP contribution in [0.1, 0.15) is 27.0 Å². The van der Waals surface area contributed by atoms with Crippen molar-refractivity contribution in [3.05, 3.63) is 105 Å². The monoisotopic (exact) mass is 494 g/mol. The molecule has 0 bridgehead atoms. The number of benzene rings is 3. The number of amidine groups is 1. The van der Waals surface area contributed by atoms with Gasteiger partial charge >= 0.3 is 0 Å². The molecule has 1 atom stereocenters. The van der Waals surface area contributed by atoms with Crippen molar-refractivity contribution >= 4 is 46.6 Å². The SMILES string of the molecule is N=C(N)c1ccc(C2(O)CN(C(N)=NC(=O)c3ccc(Cl)cc3)N=C2c2ccc(Cl)cc2)cc1. The molecule has 10 heteroatoms. The topological polar surface area (TPSA) is 141 Å². The van der Waals surface area contributed by atoms with Crippen molar-refractivity contribution in [3.8, 4) is 0 Å². The molecule has 1 amide bonds. The normalized spacial score (nSPS) is 18.0. The Kier molecular flexibility index (Phi) is 6.39. The van der Waals surface area contributed by atoms with E-state index in [-0.39, 0.29) is 18.3 Å². The Labute approximate surface area is 205 Å². The summed E-state index contributed by atoms with van der Waals surface area (Å²) in [5.74, 6) is -0.836. The number of nitrogens with zero attached hydrogens (tertiary/aromatic N) is 3. The number of hydrogen-bond acceptors (Lipinski definition) is 4. The standard InChI is InChI=1S/C24H20Cl2N6O2/c25-18-9-3-14(4-10-18)20-24(34,17-7-1-15(2-8-17)21(27)28)13-32(31-20)23(29)30-22(33)16-5-11-19(26)12-6-16/h1-12,34H,13H2,(H3,27,28)(H2,29,30,33). The average Bonchev–Trinajstić information content (AvgIpc) is 3.19. The number of nitrogens with two attached hydrogens (primary N) is 2. The molecule has 34 heavy (non-hydrogen) atoms. The number of aliphatic imine (C=N–C) groups is 1. The van der Waals surface area contributed by atoms with Gasteiger partial charge in [-0.2, -0.15) is 10.1 Å². The molecule has 3 aromatic carbocycles. The van der Waals surface area contributed by atoms with Crippen molar-refractivity contribution in [3.63, 3.8) is 0 Å². The van der Waals surface area contributed by atoms with Gasteiger partial charge in [0.1, 0.15) is 11.5 Å². The first kappa shape index (κ1) is 23.4. The fourth-order valence-corrected chi connectivity index (χ4v) is 3.79. The molecule has 0 aromatic heterocycles. The Balaban J connectivity index is 1.72. The minimum atomic E-state index is -1.59. The molecule has 8 nitrogen and oxygen atoms in total. The number of nitrogen functional groups attached to an aromatic ring is 1. The highest BCUT2D eigenvalue weighted by Gasteiger charge is 2.44. The van der Waals surface area contributed by atoms with Gasteiger partial charge in [-0.1, -0.05) is 59.6 Å². The fourth-order valence-electron chi connectivity index (χ4n) is 3.54. The number of hydrogen-bond donors (Lipinski definition) is 4. The number of nitrogens with one attached hydrogen (secondary N) is 1. The Morgan fingerprint density at radius 1 is 0.941 bits per heavy atom. The second kappa shape index (κ2) is 9.26. The van der Waals surface area contributed by atoms with Crippen LogP contribution >= 0.6 is 23.2 Å². The van der Waals surface area contributed by atoms with Crippen molar-refractivity contribution in [1.82, 2.24) is 5.01 Å². The molecule has 4 rings (SSSR count).